The molecule has 2 aromatic rings. The van der Waals surface area contributed by atoms with E-state index in [1.165, 1.54) is 6.07 Å². The van der Waals surface area contributed by atoms with Gasteiger partial charge in [-0.15, -0.1) is 0 Å². The van der Waals surface area contributed by atoms with Crippen LogP contribution < -0.4 is 5.32 Å². The van der Waals surface area contributed by atoms with Gasteiger partial charge in [0.1, 0.15) is 5.82 Å². The minimum Gasteiger partial charge on any atom is -0.381 e. The standard InChI is InChI=1S/C15H15ClFN/c1-10-3-5-14(17)12(7-10)9-18-15-6-4-13(16)8-11(15)2/h3-8,18H,9H2,1-2H3. The average molecular weight is 264 g/mol. The summed E-state index contributed by atoms with van der Waals surface area (Å²) in [6.45, 7) is 4.40. The van der Waals surface area contributed by atoms with Crippen LogP contribution in [-0.2, 0) is 6.54 Å². The first kappa shape index (κ1) is 12.9. The lowest BCUT2D eigenvalue weighted by Crippen LogP contribution is -2.03. The summed E-state index contributed by atoms with van der Waals surface area (Å²) in [7, 11) is 0. The Labute approximate surface area is 112 Å². The maximum Gasteiger partial charge on any atom is 0.128 e. The minimum atomic E-state index is -0.181. The first-order chi connectivity index (χ1) is 8.56. The molecule has 0 aliphatic rings. The highest BCUT2D eigenvalue weighted by molar-refractivity contribution is 6.30. The fourth-order valence-electron chi connectivity index (χ4n) is 1.85. The smallest absolute Gasteiger partial charge is 0.128 e. The van der Waals surface area contributed by atoms with Gasteiger partial charge in [0.05, 0.1) is 0 Å². The Bertz CT molecular complexity index is 566. The molecule has 1 N–H and O–H groups in total. The number of hydrogen-bond donors (Lipinski definition) is 1. The van der Waals surface area contributed by atoms with E-state index in [-0.39, 0.29) is 5.82 Å². The molecule has 0 aromatic heterocycles. The normalized spacial score (nSPS) is 10.4. The van der Waals surface area contributed by atoms with Crippen molar-refractivity contribution in [2.24, 2.45) is 0 Å². The van der Waals surface area contributed by atoms with Crippen LogP contribution in [0.1, 0.15) is 16.7 Å². The highest BCUT2D eigenvalue weighted by Gasteiger charge is 2.03. The minimum absolute atomic E-state index is 0.181. The number of anilines is 1. The fourth-order valence-corrected chi connectivity index (χ4v) is 2.08. The van der Waals surface area contributed by atoms with Gasteiger partial charge in [0, 0.05) is 22.8 Å². The Morgan fingerprint density at radius 2 is 1.89 bits per heavy atom. The van der Waals surface area contributed by atoms with Crippen LogP contribution in [0.4, 0.5) is 10.1 Å². The van der Waals surface area contributed by atoms with Crippen molar-refractivity contribution in [3.05, 3.63) is 63.9 Å². The van der Waals surface area contributed by atoms with Crippen LogP contribution in [0.2, 0.25) is 5.02 Å². The summed E-state index contributed by atoms with van der Waals surface area (Å²) >= 11 is 5.89. The first-order valence-electron chi connectivity index (χ1n) is 5.81. The largest absolute Gasteiger partial charge is 0.381 e. The molecular formula is C15H15ClFN. The predicted molar refractivity (Wildman–Crippen MR) is 74.7 cm³/mol. The summed E-state index contributed by atoms with van der Waals surface area (Å²) in [5.74, 6) is -0.181. The van der Waals surface area contributed by atoms with Gasteiger partial charge < -0.3 is 5.32 Å². The molecule has 0 heterocycles. The summed E-state index contributed by atoms with van der Waals surface area (Å²) in [5.41, 5.74) is 3.75. The van der Waals surface area contributed by atoms with Crippen LogP contribution in [-0.4, -0.2) is 0 Å². The molecule has 0 saturated heterocycles. The molecule has 0 saturated carbocycles. The topological polar surface area (TPSA) is 12.0 Å². The van der Waals surface area contributed by atoms with Gasteiger partial charge in [0.15, 0.2) is 0 Å². The molecule has 0 aliphatic carbocycles. The van der Waals surface area contributed by atoms with Crippen LogP contribution in [0.3, 0.4) is 0 Å². The van der Waals surface area contributed by atoms with E-state index in [1.54, 1.807) is 6.07 Å². The van der Waals surface area contributed by atoms with E-state index in [0.717, 1.165) is 16.8 Å². The Morgan fingerprint density at radius 1 is 1.11 bits per heavy atom. The Morgan fingerprint density at radius 3 is 2.61 bits per heavy atom. The van der Waals surface area contributed by atoms with E-state index in [1.807, 2.05) is 38.1 Å². The highest BCUT2D eigenvalue weighted by atomic mass is 35.5. The lowest BCUT2D eigenvalue weighted by Gasteiger charge is -2.11. The van der Waals surface area contributed by atoms with E-state index in [4.69, 9.17) is 11.6 Å². The van der Waals surface area contributed by atoms with Gasteiger partial charge in [-0.3, -0.25) is 0 Å². The van der Waals surface area contributed by atoms with E-state index in [2.05, 4.69) is 5.32 Å². The molecule has 0 spiro atoms. The molecule has 1 nitrogen and oxygen atoms in total. The van der Waals surface area contributed by atoms with Gasteiger partial charge in [0.25, 0.3) is 0 Å². The number of hydrogen-bond acceptors (Lipinski definition) is 1. The molecule has 0 aliphatic heterocycles. The van der Waals surface area contributed by atoms with Crippen molar-refractivity contribution >= 4 is 17.3 Å². The van der Waals surface area contributed by atoms with Gasteiger partial charge in [-0.1, -0.05) is 29.3 Å². The predicted octanol–water partition coefficient (Wildman–Crippen LogP) is 4.71. The zero-order valence-corrected chi connectivity index (χ0v) is 11.2. The van der Waals surface area contributed by atoms with Crippen LogP contribution in [0.25, 0.3) is 0 Å². The number of halogens is 2. The summed E-state index contributed by atoms with van der Waals surface area (Å²) in [6, 6.07) is 10.7. The molecule has 0 atom stereocenters. The summed E-state index contributed by atoms with van der Waals surface area (Å²) in [5, 5.41) is 3.93. The fraction of sp³-hybridized carbons (Fsp3) is 0.200. The second-order valence-electron chi connectivity index (χ2n) is 4.41. The van der Waals surface area contributed by atoms with Gasteiger partial charge in [-0.2, -0.15) is 0 Å². The van der Waals surface area contributed by atoms with Crippen molar-refractivity contribution in [2.45, 2.75) is 20.4 Å². The highest BCUT2D eigenvalue weighted by Crippen LogP contribution is 2.21. The second kappa shape index (κ2) is 5.40. The lowest BCUT2D eigenvalue weighted by molar-refractivity contribution is 0.612. The molecular weight excluding hydrogens is 249 g/mol. The van der Waals surface area contributed by atoms with E-state index >= 15 is 0 Å². The molecule has 94 valence electrons. The zero-order valence-electron chi connectivity index (χ0n) is 10.4. The molecule has 0 unspecified atom stereocenters. The molecule has 0 amide bonds. The SMILES string of the molecule is Cc1ccc(F)c(CNc2ccc(Cl)cc2C)c1. The summed E-state index contributed by atoms with van der Waals surface area (Å²) in [4.78, 5) is 0. The van der Waals surface area contributed by atoms with Crippen molar-refractivity contribution in [3.8, 4) is 0 Å². The zero-order chi connectivity index (χ0) is 13.1. The Hall–Kier alpha value is -1.54. The molecule has 0 bridgehead atoms. The third-order valence-electron chi connectivity index (χ3n) is 2.86. The Balaban J connectivity index is 2.13. The molecule has 3 heteroatoms. The summed E-state index contributed by atoms with van der Waals surface area (Å²) in [6.07, 6.45) is 0. The van der Waals surface area contributed by atoms with Crippen LogP contribution in [0.5, 0.6) is 0 Å². The van der Waals surface area contributed by atoms with Gasteiger partial charge >= 0.3 is 0 Å². The third kappa shape index (κ3) is 3.02. The van der Waals surface area contributed by atoms with Crippen molar-refractivity contribution in [3.63, 3.8) is 0 Å². The van der Waals surface area contributed by atoms with Gasteiger partial charge in [-0.05, 0) is 43.7 Å². The molecule has 0 fully saturated rings. The van der Waals surface area contributed by atoms with E-state index < -0.39 is 0 Å². The van der Waals surface area contributed by atoms with Crippen molar-refractivity contribution in [2.75, 3.05) is 5.32 Å². The third-order valence-corrected chi connectivity index (χ3v) is 3.09. The van der Waals surface area contributed by atoms with Crippen LogP contribution in [0.15, 0.2) is 36.4 Å². The molecule has 2 aromatic carbocycles. The van der Waals surface area contributed by atoms with E-state index in [9.17, 15) is 4.39 Å². The number of aryl methyl sites for hydroxylation is 2. The van der Waals surface area contributed by atoms with Gasteiger partial charge in [0.2, 0.25) is 0 Å². The van der Waals surface area contributed by atoms with Crippen LogP contribution >= 0.6 is 11.6 Å². The van der Waals surface area contributed by atoms with Gasteiger partial charge in [-0.25, -0.2) is 4.39 Å². The quantitative estimate of drug-likeness (QED) is 0.846. The first-order valence-corrected chi connectivity index (χ1v) is 6.19. The van der Waals surface area contributed by atoms with E-state index in [0.29, 0.717) is 17.1 Å². The van der Waals surface area contributed by atoms with Crippen molar-refractivity contribution in [1.29, 1.82) is 0 Å². The molecule has 18 heavy (non-hydrogen) atoms. The molecule has 2 rings (SSSR count). The second-order valence-corrected chi connectivity index (χ2v) is 4.84. The maximum absolute atomic E-state index is 13.6. The number of rotatable bonds is 3. The van der Waals surface area contributed by atoms with Crippen LogP contribution in [0, 0.1) is 19.7 Å². The Kier molecular flexibility index (Phi) is 3.87. The molecule has 0 radical (unpaired) electrons. The maximum atomic E-state index is 13.6. The lowest BCUT2D eigenvalue weighted by atomic mass is 10.1. The number of nitrogens with one attached hydrogen (secondary N) is 1. The van der Waals surface area contributed by atoms with Crippen molar-refractivity contribution < 1.29 is 4.39 Å². The average Bonchev–Trinajstić information content (AvgIpc) is 2.32. The number of benzene rings is 2. The van der Waals surface area contributed by atoms with Crippen molar-refractivity contribution in [1.82, 2.24) is 0 Å². The summed E-state index contributed by atoms with van der Waals surface area (Å²) < 4.78 is 13.6. The monoisotopic (exact) mass is 263 g/mol.